The van der Waals surface area contributed by atoms with E-state index in [9.17, 15) is 9.18 Å². The summed E-state index contributed by atoms with van der Waals surface area (Å²) in [6.45, 7) is 5.24. The van der Waals surface area contributed by atoms with Gasteiger partial charge in [0.15, 0.2) is 0 Å². The van der Waals surface area contributed by atoms with Gasteiger partial charge in [-0.1, -0.05) is 0 Å². The van der Waals surface area contributed by atoms with Crippen molar-refractivity contribution in [2.45, 2.75) is 20.3 Å². The summed E-state index contributed by atoms with van der Waals surface area (Å²) in [6, 6.07) is 2.68. The van der Waals surface area contributed by atoms with Crippen molar-refractivity contribution in [3.63, 3.8) is 0 Å². The Balaban J connectivity index is 2.52. The van der Waals surface area contributed by atoms with E-state index in [2.05, 4.69) is 5.32 Å². The van der Waals surface area contributed by atoms with E-state index >= 15 is 0 Å². The largest absolute Gasteiger partial charge is 0.398 e. The van der Waals surface area contributed by atoms with Gasteiger partial charge in [0.25, 0.3) is 5.91 Å². The summed E-state index contributed by atoms with van der Waals surface area (Å²) in [7, 11) is 0. The van der Waals surface area contributed by atoms with Crippen LogP contribution in [0.4, 0.5) is 10.1 Å². The Labute approximate surface area is 106 Å². The molecule has 0 aliphatic carbocycles. The molecule has 100 valence electrons. The molecule has 0 bridgehead atoms. The summed E-state index contributed by atoms with van der Waals surface area (Å²) in [5, 5.41) is 2.69. The Morgan fingerprint density at radius 3 is 2.83 bits per heavy atom. The van der Waals surface area contributed by atoms with Gasteiger partial charge in [-0.2, -0.15) is 0 Å². The highest BCUT2D eigenvalue weighted by atomic mass is 19.1. The molecule has 0 heterocycles. The number of halogens is 1. The van der Waals surface area contributed by atoms with Crippen molar-refractivity contribution in [3.8, 4) is 0 Å². The number of benzene rings is 1. The third-order valence-corrected chi connectivity index (χ3v) is 2.60. The zero-order chi connectivity index (χ0) is 13.5. The van der Waals surface area contributed by atoms with Crippen LogP contribution in [0.5, 0.6) is 0 Å². The first-order valence-electron chi connectivity index (χ1n) is 5.97. The lowest BCUT2D eigenvalue weighted by Gasteiger charge is -2.08. The van der Waals surface area contributed by atoms with Gasteiger partial charge in [0.1, 0.15) is 5.82 Å². The van der Waals surface area contributed by atoms with Crippen molar-refractivity contribution < 1.29 is 13.9 Å². The Morgan fingerprint density at radius 1 is 1.50 bits per heavy atom. The molecule has 0 aliphatic rings. The molecular formula is C13H19FN2O2. The van der Waals surface area contributed by atoms with Crippen molar-refractivity contribution >= 4 is 11.6 Å². The average Bonchev–Trinajstić information content (AvgIpc) is 2.34. The highest BCUT2D eigenvalue weighted by Gasteiger charge is 2.10. The van der Waals surface area contributed by atoms with E-state index < -0.39 is 5.82 Å². The third kappa shape index (κ3) is 4.00. The first kappa shape index (κ1) is 14.4. The Morgan fingerprint density at radius 2 is 2.22 bits per heavy atom. The second kappa shape index (κ2) is 6.96. The van der Waals surface area contributed by atoms with Gasteiger partial charge in [0, 0.05) is 36.6 Å². The molecule has 5 heteroatoms. The molecule has 4 nitrogen and oxygen atoms in total. The van der Waals surface area contributed by atoms with Gasteiger partial charge < -0.3 is 15.8 Å². The van der Waals surface area contributed by atoms with Crippen molar-refractivity contribution in [2.75, 3.05) is 25.5 Å². The fraction of sp³-hybridized carbons (Fsp3) is 0.462. The number of anilines is 1. The molecule has 1 aromatic rings. The zero-order valence-electron chi connectivity index (χ0n) is 10.8. The Bertz CT molecular complexity index is 398. The molecule has 1 rings (SSSR count). The molecule has 3 N–H and O–H groups in total. The minimum Gasteiger partial charge on any atom is -0.398 e. The fourth-order valence-electron chi connectivity index (χ4n) is 1.45. The number of nitrogen functional groups attached to an aromatic ring is 1. The van der Waals surface area contributed by atoms with Crippen molar-refractivity contribution in [3.05, 3.63) is 29.1 Å². The van der Waals surface area contributed by atoms with Gasteiger partial charge in [-0.15, -0.1) is 0 Å². The normalized spacial score (nSPS) is 10.4. The van der Waals surface area contributed by atoms with Crippen LogP contribution in [0.25, 0.3) is 0 Å². The smallest absolute Gasteiger partial charge is 0.251 e. The molecule has 1 aromatic carbocycles. The van der Waals surface area contributed by atoms with E-state index in [1.165, 1.54) is 12.1 Å². The van der Waals surface area contributed by atoms with Crippen molar-refractivity contribution in [1.29, 1.82) is 0 Å². The number of nitrogens with two attached hydrogens (primary N) is 1. The molecule has 0 aromatic heterocycles. The highest BCUT2D eigenvalue weighted by Crippen LogP contribution is 2.17. The van der Waals surface area contributed by atoms with Crippen LogP contribution in [0.15, 0.2) is 12.1 Å². The Hall–Kier alpha value is -1.62. The van der Waals surface area contributed by atoms with Crippen LogP contribution in [0.3, 0.4) is 0 Å². The number of ether oxygens (including phenoxy) is 1. The van der Waals surface area contributed by atoms with Crippen molar-refractivity contribution in [1.82, 2.24) is 5.32 Å². The SMILES string of the molecule is CCOCCCNC(=O)c1cc(N)c(C)c(F)c1. The number of carbonyl (C=O) groups is 1. The molecule has 0 fully saturated rings. The molecule has 1 amide bonds. The maximum Gasteiger partial charge on any atom is 0.251 e. The molecule has 0 saturated heterocycles. The lowest BCUT2D eigenvalue weighted by molar-refractivity contribution is 0.0944. The number of rotatable bonds is 6. The van der Waals surface area contributed by atoms with Crippen LogP contribution in [0.2, 0.25) is 0 Å². The third-order valence-electron chi connectivity index (χ3n) is 2.60. The minimum atomic E-state index is -0.463. The van der Waals surface area contributed by atoms with Gasteiger partial charge in [0.05, 0.1) is 0 Å². The molecule has 0 unspecified atom stereocenters. The van der Waals surface area contributed by atoms with Crippen LogP contribution in [-0.4, -0.2) is 25.7 Å². The quantitative estimate of drug-likeness (QED) is 0.601. The predicted octanol–water partition coefficient (Wildman–Crippen LogP) is 1.87. The van der Waals surface area contributed by atoms with E-state index in [0.29, 0.717) is 25.3 Å². The first-order valence-corrected chi connectivity index (χ1v) is 5.97. The zero-order valence-corrected chi connectivity index (χ0v) is 10.8. The van der Waals surface area contributed by atoms with Crippen LogP contribution >= 0.6 is 0 Å². The van der Waals surface area contributed by atoms with Gasteiger partial charge >= 0.3 is 0 Å². The lowest BCUT2D eigenvalue weighted by Crippen LogP contribution is -2.25. The van der Waals surface area contributed by atoms with Gasteiger partial charge in [0.2, 0.25) is 0 Å². The summed E-state index contributed by atoms with van der Waals surface area (Å²) in [5.74, 6) is -0.786. The van der Waals surface area contributed by atoms with Crippen molar-refractivity contribution in [2.24, 2.45) is 0 Å². The first-order chi connectivity index (χ1) is 8.56. The standard InChI is InChI=1S/C13H19FN2O2/c1-3-18-6-4-5-16-13(17)10-7-11(14)9(2)12(15)8-10/h7-8H,3-6,15H2,1-2H3,(H,16,17). The molecule has 0 spiro atoms. The van der Waals surface area contributed by atoms with E-state index in [1.807, 2.05) is 6.92 Å². The fourth-order valence-corrected chi connectivity index (χ4v) is 1.45. The predicted molar refractivity (Wildman–Crippen MR) is 69.0 cm³/mol. The average molecular weight is 254 g/mol. The monoisotopic (exact) mass is 254 g/mol. The number of carbonyl (C=O) groups excluding carboxylic acids is 1. The summed E-state index contributed by atoms with van der Waals surface area (Å²) in [5.41, 5.74) is 6.51. The molecular weight excluding hydrogens is 235 g/mol. The maximum absolute atomic E-state index is 13.4. The summed E-state index contributed by atoms with van der Waals surface area (Å²) < 4.78 is 18.6. The maximum atomic E-state index is 13.4. The molecule has 0 atom stereocenters. The summed E-state index contributed by atoms with van der Waals surface area (Å²) in [4.78, 5) is 11.7. The topological polar surface area (TPSA) is 64.3 Å². The lowest BCUT2D eigenvalue weighted by atomic mass is 10.1. The summed E-state index contributed by atoms with van der Waals surface area (Å²) >= 11 is 0. The number of nitrogens with one attached hydrogen (secondary N) is 1. The van der Waals surface area contributed by atoms with Crippen LogP contribution in [0.1, 0.15) is 29.3 Å². The van der Waals surface area contributed by atoms with E-state index in [-0.39, 0.29) is 17.2 Å². The van der Waals surface area contributed by atoms with E-state index in [0.717, 1.165) is 6.42 Å². The van der Waals surface area contributed by atoms with E-state index in [4.69, 9.17) is 10.5 Å². The number of hydrogen-bond donors (Lipinski definition) is 2. The summed E-state index contributed by atoms with van der Waals surface area (Å²) in [6.07, 6.45) is 0.726. The Kier molecular flexibility index (Phi) is 5.58. The number of hydrogen-bond acceptors (Lipinski definition) is 3. The molecule has 18 heavy (non-hydrogen) atoms. The minimum absolute atomic E-state index is 0.243. The molecule has 0 saturated carbocycles. The van der Waals surface area contributed by atoms with Crippen LogP contribution in [0, 0.1) is 12.7 Å². The van der Waals surface area contributed by atoms with Crippen LogP contribution < -0.4 is 11.1 Å². The van der Waals surface area contributed by atoms with Gasteiger partial charge in [-0.3, -0.25) is 4.79 Å². The van der Waals surface area contributed by atoms with Gasteiger partial charge in [-0.05, 0) is 32.4 Å². The molecule has 0 radical (unpaired) electrons. The molecule has 0 aliphatic heterocycles. The highest BCUT2D eigenvalue weighted by molar-refractivity contribution is 5.95. The second-order valence-electron chi connectivity index (χ2n) is 3.98. The van der Waals surface area contributed by atoms with E-state index in [1.54, 1.807) is 6.92 Å². The second-order valence-corrected chi connectivity index (χ2v) is 3.98. The number of amides is 1. The van der Waals surface area contributed by atoms with Gasteiger partial charge in [-0.25, -0.2) is 4.39 Å². The van der Waals surface area contributed by atoms with Crippen LogP contribution in [-0.2, 0) is 4.74 Å².